The molecule has 0 aliphatic carbocycles. The second-order valence-electron chi connectivity index (χ2n) is 4.52. The number of aromatic nitrogens is 2. The Morgan fingerprint density at radius 1 is 1.31 bits per heavy atom. The van der Waals surface area contributed by atoms with Crippen LogP contribution in [0.25, 0.3) is 0 Å². The fourth-order valence-corrected chi connectivity index (χ4v) is 3.60. The summed E-state index contributed by atoms with van der Waals surface area (Å²) in [5, 5.41) is 8.96. The van der Waals surface area contributed by atoms with Gasteiger partial charge < -0.3 is 0 Å². The third kappa shape index (κ3) is 2.22. The second-order valence-corrected chi connectivity index (χ2v) is 6.16. The summed E-state index contributed by atoms with van der Waals surface area (Å²) in [5.74, 6) is 0. The Bertz CT molecular complexity index is 369. The van der Waals surface area contributed by atoms with Crippen molar-refractivity contribution in [3.05, 3.63) is 9.47 Å². The lowest BCUT2D eigenvalue weighted by Crippen LogP contribution is -2.49. The highest BCUT2D eigenvalue weighted by atomic mass is 35.5. The van der Waals surface area contributed by atoms with Gasteiger partial charge in [-0.2, -0.15) is 0 Å². The van der Waals surface area contributed by atoms with Crippen molar-refractivity contribution in [3.63, 3.8) is 0 Å². The largest absolute Gasteiger partial charge is 0.298 e. The van der Waals surface area contributed by atoms with Gasteiger partial charge in [-0.3, -0.25) is 9.80 Å². The van der Waals surface area contributed by atoms with E-state index in [0.717, 1.165) is 24.1 Å². The van der Waals surface area contributed by atoms with E-state index in [-0.39, 0.29) is 0 Å². The van der Waals surface area contributed by atoms with Crippen LogP contribution in [0.1, 0.15) is 17.8 Å². The van der Waals surface area contributed by atoms with E-state index in [2.05, 4.69) is 20.0 Å². The Labute approximate surface area is 104 Å². The average molecular weight is 259 g/mol. The Hall–Kier alpha value is -0.230. The molecule has 0 aromatic carbocycles. The summed E-state index contributed by atoms with van der Waals surface area (Å²) in [7, 11) is 0. The van der Waals surface area contributed by atoms with Gasteiger partial charge in [0.05, 0.1) is 6.54 Å². The van der Waals surface area contributed by atoms with Crippen LogP contribution in [-0.4, -0.2) is 52.2 Å². The Morgan fingerprint density at radius 3 is 3.06 bits per heavy atom. The number of nitrogens with zero attached hydrogens (tertiary/aromatic N) is 4. The molecule has 88 valence electrons. The molecule has 1 unspecified atom stereocenters. The number of fused-ring (bicyclic) bond motifs is 1. The second kappa shape index (κ2) is 4.56. The maximum Gasteiger partial charge on any atom is 0.207 e. The van der Waals surface area contributed by atoms with Gasteiger partial charge in [-0.05, 0) is 31.0 Å². The van der Waals surface area contributed by atoms with Gasteiger partial charge >= 0.3 is 0 Å². The molecule has 3 rings (SSSR count). The molecule has 2 saturated heterocycles. The van der Waals surface area contributed by atoms with Crippen LogP contribution >= 0.6 is 22.9 Å². The van der Waals surface area contributed by atoms with Gasteiger partial charge in [0.1, 0.15) is 5.01 Å². The highest BCUT2D eigenvalue weighted by molar-refractivity contribution is 7.15. The van der Waals surface area contributed by atoms with Gasteiger partial charge in [0.15, 0.2) is 0 Å². The molecule has 0 saturated carbocycles. The number of hydrogen-bond acceptors (Lipinski definition) is 5. The molecule has 2 aliphatic heterocycles. The number of hydrogen-bond donors (Lipinski definition) is 0. The zero-order chi connectivity index (χ0) is 11.0. The predicted molar refractivity (Wildman–Crippen MR) is 64.8 cm³/mol. The zero-order valence-electron chi connectivity index (χ0n) is 9.10. The normalized spacial score (nSPS) is 27.2. The summed E-state index contributed by atoms with van der Waals surface area (Å²) < 4.78 is 0.550. The van der Waals surface area contributed by atoms with Crippen molar-refractivity contribution in [1.29, 1.82) is 0 Å². The van der Waals surface area contributed by atoms with Crippen LogP contribution in [0.4, 0.5) is 0 Å². The van der Waals surface area contributed by atoms with Gasteiger partial charge in [0, 0.05) is 25.7 Å². The summed E-state index contributed by atoms with van der Waals surface area (Å²) in [6.07, 6.45) is 2.72. The van der Waals surface area contributed by atoms with Crippen molar-refractivity contribution < 1.29 is 0 Å². The van der Waals surface area contributed by atoms with Crippen LogP contribution < -0.4 is 0 Å². The maximum atomic E-state index is 5.79. The van der Waals surface area contributed by atoms with E-state index in [1.165, 1.54) is 43.8 Å². The van der Waals surface area contributed by atoms with Crippen LogP contribution in [0.15, 0.2) is 0 Å². The number of halogens is 1. The van der Waals surface area contributed by atoms with Gasteiger partial charge in [-0.25, -0.2) is 0 Å². The lowest BCUT2D eigenvalue weighted by atomic mass is 10.1. The van der Waals surface area contributed by atoms with Crippen molar-refractivity contribution in [2.75, 3.05) is 26.2 Å². The van der Waals surface area contributed by atoms with E-state index in [0.29, 0.717) is 4.47 Å². The molecule has 0 N–H and O–H groups in total. The topological polar surface area (TPSA) is 32.3 Å². The van der Waals surface area contributed by atoms with Crippen LogP contribution in [0.2, 0.25) is 4.47 Å². The van der Waals surface area contributed by atoms with Crippen LogP contribution in [-0.2, 0) is 6.54 Å². The molecule has 1 aromatic heterocycles. The summed E-state index contributed by atoms with van der Waals surface area (Å²) in [4.78, 5) is 5.09. The first-order valence-electron chi connectivity index (χ1n) is 5.75. The Morgan fingerprint density at radius 2 is 2.25 bits per heavy atom. The van der Waals surface area contributed by atoms with Crippen molar-refractivity contribution in [3.8, 4) is 0 Å². The van der Waals surface area contributed by atoms with Crippen LogP contribution in [0.3, 0.4) is 0 Å². The van der Waals surface area contributed by atoms with E-state index >= 15 is 0 Å². The molecule has 16 heavy (non-hydrogen) atoms. The van der Waals surface area contributed by atoms with Crippen molar-refractivity contribution in [2.45, 2.75) is 25.4 Å². The lowest BCUT2D eigenvalue weighted by Gasteiger charge is -2.36. The molecular formula is C10H15ClN4S. The quantitative estimate of drug-likeness (QED) is 0.804. The van der Waals surface area contributed by atoms with Gasteiger partial charge in [-0.1, -0.05) is 11.3 Å². The van der Waals surface area contributed by atoms with E-state index in [9.17, 15) is 0 Å². The Balaban J connectivity index is 1.60. The first-order valence-corrected chi connectivity index (χ1v) is 6.95. The minimum absolute atomic E-state index is 0.550. The van der Waals surface area contributed by atoms with Crippen molar-refractivity contribution >= 4 is 22.9 Å². The van der Waals surface area contributed by atoms with Gasteiger partial charge in [0.2, 0.25) is 4.47 Å². The molecule has 6 heteroatoms. The highest BCUT2D eigenvalue weighted by Gasteiger charge is 2.30. The first kappa shape index (κ1) is 10.9. The molecule has 2 aliphatic rings. The molecule has 1 atom stereocenters. The molecular weight excluding hydrogens is 244 g/mol. The average Bonchev–Trinajstić information content (AvgIpc) is 2.87. The van der Waals surface area contributed by atoms with Gasteiger partial charge in [0.25, 0.3) is 0 Å². The molecule has 3 heterocycles. The monoisotopic (exact) mass is 258 g/mol. The van der Waals surface area contributed by atoms with Crippen molar-refractivity contribution in [2.24, 2.45) is 0 Å². The molecule has 0 amide bonds. The fourth-order valence-electron chi connectivity index (χ4n) is 2.69. The van der Waals surface area contributed by atoms with Crippen molar-refractivity contribution in [1.82, 2.24) is 20.0 Å². The number of piperazine rings is 1. The lowest BCUT2D eigenvalue weighted by molar-refractivity contribution is 0.0991. The summed E-state index contributed by atoms with van der Waals surface area (Å²) in [5.41, 5.74) is 0. The number of rotatable bonds is 2. The van der Waals surface area contributed by atoms with E-state index in [1.807, 2.05) is 0 Å². The van der Waals surface area contributed by atoms with E-state index in [4.69, 9.17) is 11.6 Å². The third-order valence-electron chi connectivity index (χ3n) is 3.47. The Kier molecular flexibility index (Phi) is 3.11. The minimum Gasteiger partial charge on any atom is -0.298 e. The molecule has 2 fully saturated rings. The summed E-state index contributed by atoms with van der Waals surface area (Å²) in [6.45, 7) is 5.74. The third-order valence-corrected chi connectivity index (χ3v) is 4.48. The predicted octanol–water partition coefficient (Wildman–Crippen LogP) is 1.47. The van der Waals surface area contributed by atoms with E-state index < -0.39 is 0 Å². The molecule has 4 nitrogen and oxygen atoms in total. The smallest absolute Gasteiger partial charge is 0.207 e. The molecule has 0 spiro atoms. The summed E-state index contributed by atoms with van der Waals surface area (Å²) >= 11 is 7.28. The fraction of sp³-hybridized carbons (Fsp3) is 0.800. The standard InChI is InChI=1S/C10H15ClN4S/c11-10-13-12-9(16-10)7-14-4-5-15-3-1-2-8(15)6-14/h8H,1-7H2. The zero-order valence-corrected chi connectivity index (χ0v) is 10.7. The minimum atomic E-state index is 0.550. The maximum absolute atomic E-state index is 5.79. The van der Waals surface area contributed by atoms with E-state index in [1.54, 1.807) is 0 Å². The molecule has 0 bridgehead atoms. The summed E-state index contributed by atoms with van der Waals surface area (Å²) in [6, 6.07) is 0.775. The van der Waals surface area contributed by atoms with Crippen LogP contribution in [0.5, 0.6) is 0 Å². The van der Waals surface area contributed by atoms with Gasteiger partial charge in [-0.15, -0.1) is 10.2 Å². The highest BCUT2D eigenvalue weighted by Crippen LogP contribution is 2.23. The molecule has 1 aromatic rings. The van der Waals surface area contributed by atoms with Crippen LogP contribution in [0, 0.1) is 0 Å². The SMILES string of the molecule is Clc1nnc(CN2CCN3CCCC3C2)s1. The first-order chi connectivity index (χ1) is 7.81. The molecule has 0 radical (unpaired) electrons.